The van der Waals surface area contributed by atoms with E-state index >= 15 is 0 Å². The maximum atomic E-state index is 13.8. The van der Waals surface area contributed by atoms with Crippen LogP contribution in [0, 0.1) is 0 Å². The number of carbonyl (C=O) groups is 2. The van der Waals surface area contributed by atoms with E-state index in [0.717, 1.165) is 15.6 Å². The van der Waals surface area contributed by atoms with Crippen molar-refractivity contribution >= 4 is 61.1 Å². The molecule has 5 rings (SSSR count). The van der Waals surface area contributed by atoms with E-state index in [-0.39, 0.29) is 18.0 Å². The fourth-order valence-electron chi connectivity index (χ4n) is 5.60. The van der Waals surface area contributed by atoms with Crippen molar-refractivity contribution < 1.29 is 21.9 Å². The Morgan fingerprint density at radius 2 is 0.744 bits per heavy atom. The van der Waals surface area contributed by atoms with Gasteiger partial charge in [0.25, 0.3) is 11.8 Å². The summed E-state index contributed by atoms with van der Waals surface area (Å²) in [5.74, 6) is -0.684. The van der Waals surface area contributed by atoms with Gasteiger partial charge in [0.15, 0.2) is 0 Å². The van der Waals surface area contributed by atoms with E-state index in [9.17, 15) is 9.59 Å². The zero-order chi connectivity index (χ0) is 30.9. The predicted molar refractivity (Wildman–Crippen MR) is 181 cm³/mol. The first-order chi connectivity index (χ1) is 20.3. The molecule has 0 saturated carbocycles. The summed E-state index contributed by atoms with van der Waals surface area (Å²) in [4.78, 5) is 28.9. The molecule has 1 aliphatic rings. The Morgan fingerprint density at radius 3 is 1.05 bits per heavy atom. The van der Waals surface area contributed by atoms with Gasteiger partial charge in [-0.2, -0.15) is 0 Å². The molecule has 0 aliphatic carbocycles. The first kappa shape index (κ1) is 31.2. The quantitative estimate of drug-likeness (QED) is 0.168. The van der Waals surface area contributed by atoms with Crippen LogP contribution in [-0.2, 0) is 12.3 Å². The summed E-state index contributed by atoms with van der Waals surface area (Å²) in [6, 6.07) is 37.4. The molecule has 4 aromatic carbocycles. The lowest BCUT2D eigenvalue weighted by Crippen LogP contribution is -2.71. The van der Waals surface area contributed by atoms with Gasteiger partial charge < -0.3 is 12.3 Å². The van der Waals surface area contributed by atoms with Gasteiger partial charge in [0.1, 0.15) is 0 Å². The fourth-order valence-corrected chi connectivity index (χ4v) is 22.4. The van der Waals surface area contributed by atoms with Crippen LogP contribution < -0.4 is 15.6 Å². The van der Waals surface area contributed by atoms with Crippen LogP contribution in [-0.4, -0.2) is 56.6 Å². The summed E-state index contributed by atoms with van der Waals surface area (Å²) >= 11 is 0. The maximum Gasteiger partial charge on any atom is 0.491 e. The van der Waals surface area contributed by atoms with Crippen molar-refractivity contribution in [1.29, 1.82) is 0 Å². The van der Waals surface area contributed by atoms with E-state index < -0.39 is 33.8 Å². The second kappa shape index (κ2) is 12.0. The molecule has 1 aliphatic heterocycles. The molecule has 0 fully saturated rings. The SMILES string of the molecule is C[Si](C)(O[Si](CN1C(=O)c2ccccc2C1=O)(O[Si](C)(C)c1ccccc1)O[Si](C)(C)c1ccccc1)c1ccccc1. The first-order valence-electron chi connectivity index (χ1n) is 14.6. The Morgan fingerprint density at radius 1 is 0.465 bits per heavy atom. The number of amides is 2. The summed E-state index contributed by atoms with van der Waals surface area (Å²) in [5.41, 5.74) is 0.795. The highest BCUT2D eigenvalue weighted by molar-refractivity contribution is 6.99. The smallest absolute Gasteiger partial charge is 0.411 e. The molecule has 0 spiro atoms. The molecule has 43 heavy (non-hydrogen) atoms. The molecule has 4 aromatic rings. The van der Waals surface area contributed by atoms with Gasteiger partial charge in [0.05, 0.1) is 17.3 Å². The number of hydrogen-bond donors (Lipinski definition) is 0. The van der Waals surface area contributed by atoms with Crippen LogP contribution in [0.5, 0.6) is 0 Å². The average molecular weight is 642 g/mol. The minimum absolute atomic E-state index is 0.0604. The summed E-state index contributed by atoms with van der Waals surface area (Å²) < 4.78 is 22.0. The van der Waals surface area contributed by atoms with Crippen LogP contribution in [0.1, 0.15) is 20.7 Å². The summed E-state index contributed by atoms with van der Waals surface area (Å²) in [5, 5.41) is 3.25. The van der Waals surface area contributed by atoms with Crippen molar-refractivity contribution in [2.45, 2.75) is 39.3 Å². The monoisotopic (exact) mass is 641 g/mol. The lowest BCUT2D eigenvalue weighted by molar-refractivity contribution is 0.0648. The highest BCUT2D eigenvalue weighted by atomic mass is 28.5. The normalized spacial score (nSPS) is 14.2. The predicted octanol–water partition coefficient (Wildman–Crippen LogP) is 5.15. The van der Waals surface area contributed by atoms with Gasteiger partial charge in [0.2, 0.25) is 25.0 Å². The molecule has 0 unspecified atom stereocenters. The van der Waals surface area contributed by atoms with Gasteiger partial charge in [-0.05, 0) is 67.0 Å². The third kappa shape index (κ3) is 6.65. The largest absolute Gasteiger partial charge is 0.491 e. The van der Waals surface area contributed by atoms with Crippen LogP contribution in [0.4, 0.5) is 0 Å². The minimum atomic E-state index is -3.87. The zero-order valence-electron chi connectivity index (χ0n) is 25.7. The zero-order valence-corrected chi connectivity index (χ0v) is 29.7. The van der Waals surface area contributed by atoms with Gasteiger partial charge in [-0.3, -0.25) is 14.5 Å². The molecule has 0 bridgehead atoms. The Labute approximate surface area is 259 Å². The number of hydrogen-bond acceptors (Lipinski definition) is 5. The second-order valence-corrected chi connectivity index (χ2v) is 27.3. The van der Waals surface area contributed by atoms with Crippen LogP contribution in [0.25, 0.3) is 0 Å². The summed E-state index contributed by atoms with van der Waals surface area (Å²) in [6.45, 7) is 12.8. The Balaban J connectivity index is 1.67. The highest BCUT2D eigenvalue weighted by Gasteiger charge is 2.57. The van der Waals surface area contributed by atoms with E-state index in [2.05, 4.69) is 75.7 Å². The van der Waals surface area contributed by atoms with E-state index in [1.165, 1.54) is 4.90 Å². The van der Waals surface area contributed by atoms with Crippen molar-refractivity contribution in [1.82, 2.24) is 4.90 Å². The van der Waals surface area contributed by atoms with Crippen molar-refractivity contribution in [2.24, 2.45) is 0 Å². The van der Waals surface area contributed by atoms with Crippen molar-refractivity contribution in [3.63, 3.8) is 0 Å². The molecule has 222 valence electrons. The molecule has 0 aromatic heterocycles. The molecule has 1 heterocycles. The van der Waals surface area contributed by atoms with E-state index in [1.807, 2.05) is 54.6 Å². The molecule has 6 nitrogen and oxygen atoms in total. The average Bonchev–Trinajstić information content (AvgIpc) is 3.22. The third-order valence-electron chi connectivity index (χ3n) is 7.87. The topological polar surface area (TPSA) is 65.1 Å². The Bertz CT molecular complexity index is 1430. The van der Waals surface area contributed by atoms with Crippen LogP contribution in [0.15, 0.2) is 115 Å². The van der Waals surface area contributed by atoms with Crippen molar-refractivity contribution in [2.75, 3.05) is 6.17 Å². The number of benzene rings is 4. The molecule has 0 saturated heterocycles. The Hall–Kier alpha value is -3.23. The van der Waals surface area contributed by atoms with Crippen LogP contribution in [0.3, 0.4) is 0 Å². The standard InChI is InChI=1S/C33H39NO5Si4/c1-40(2,27-18-10-7-11-19-27)37-43(38-41(3,4)28-20-12-8-13-21-28,39-42(5,6)29-22-14-9-15-23-29)26-34-32(35)30-24-16-17-25-31(30)33(34)36/h7-25H,26H2,1-6H3. The number of rotatable bonds is 11. The number of imide groups is 1. The minimum Gasteiger partial charge on any atom is -0.411 e. The van der Waals surface area contributed by atoms with Crippen molar-refractivity contribution in [3.8, 4) is 0 Å². The van der Waals surface area contributed by atoms with Gasteiger partial charge >= 0.3 is 8.80 Å². The lowest BCUT2D eigenvalue weighted by Gasteiger charge is -2.46. The molecule has 0 atom stereocenters. The molecular formula is C33H39NO5Si4. The maximum absolute atomic E-state index is 13.8. The number of fused-ring (bicyclic) bond motifs is 1. The summed E-state index contributed by atoms with van der Waals surface area (Å²) in [6.07, 6.45) is -0.0604. The van der Waals surface area contributed by atoms with Gasteiger partial charge in [-0.25, -0.2) is 0 Å². The summed E-state index contributed by atoms with van der Waals surface area (Å²) in [7, 11) is -12.0. The van der Waals surface area contributed by atoms with E-state index in [4.69, 9.17) is 12.3 Å². The number of nitrogens with zero attached hydrogens (tertiary/aromatic N) is 1. The number of carbonyl (C=O) groups excluding carboxylic acids is 2. The van der Waals surface area contributed by atoms with E-state index in [1.54, 1.807) is 24.3 Å². The first-order valence-corrected chi connectivity index (χ1v) is 25.2. The van der Waals surface area contributed by atoms with Crippen LogP contribution in [0.2, 0.25) is 39.3 Å². The van der Waals surface area contributed by atoms with Gasteiger partial charge in [-0.15, -0.1) is 0 Å². The fraction of sp³-hybridized carbons (Fsp3) is 0.212. The molecule has 0 radical (unpaired) electrons. The highest BCUT2D eigenvalue weighted by Crippen LogP contribution is 2.31. The molecule has 10 heteroatoms. The van der Waals surface area contributed by atoms with Gasteiger partial charge in [-0.1, -0.05) is 103 Å². The van der Waals surface area contributed by atoms with Crippen molar-refractivity contribution in [3.05, 3.63) is 126 Å². The molecule has 0 N–H and O–H groups in total. The third-order valence-corrected chi connectivity index (χ3v) is 23.6. The van der Waals surface area contributed by atoms with Gasteiger partial charge in [0, 0.05) is 0 Å². The molecular weight excluding hydrogens is 603 g/mol. The molecule has 2 amide bonds. The second-order valence-electron chi connectivity index (χ2n) is 12.4. The lowest BCUT2D eigenvalue weighted by atomic mass is 10.1. The Kier molecular flexibility index (Phi) is 8.74. The van der Waals surface area contributed by atoms with E-state index in [0.29, 0.717) is 11.1 Å². The van der Waals surface area contributed by atoms with Crippen LogP contribution >= 0.6 is 0 Å².